The Morgan fingerprint density at radius 1 is 1.25 bits per heavy atom. The van der Waals surface area contributed by atoms with Crippen LogP contribution in [0.3, 0.4) is 0 Å². The van der Waals surface area contributed by atoms with Gasteiger partial charge < -0.3 is 4.98 Å². The number of hydrogen-bond acceptors (Lipinski definition) is 3. The molecule has 1 fully saturated rings. The van der Waals surface area contributed by atoms with Crippen LogP contribution in [0.25, 0.3) is 27.7 Å². The van der Waals surface area contributed by atoms with E-state index in [4.69, 9.17) is 0 Å². The van der Waals surface area contributed by atoms with Gasteiger partial charge in [-0.25, -0.2) is 4.52 Å². The number of hydrogen-bond donors (Lipinski definition) is 2. The lowest BCUT2D eigenvalue weighted by atomic mass is 10.1. The summed E-state index contributed by atoms with van der Waals surface area (Å²) in [5.41, 5.74) is 3.89. The van der Waals surface area contributed by atoms with Crippen LogP contribution in [0.1, 0.15) is 12.8 Å². The fourth-order valence-electron chi connectivity index (χ4n) is 2.96. The van der Waals surface area contributed by atoms with E-state index >= 15 is 0 Å². The number of amides is 1. The molecule has 3 aromatic heterocycles. The highest BCUT2D eigenvalue weighted by molar-refractivity contribution is 5.93. The van der Waals surface area contributed by atoms with Crippen molar-refractivity contribution in [3.05, 3.63) is 48.8 Å². The number of nitrogens with one attached hydrogen (secondary N) is 2. The van der Waals surface area contributed by atoms with Crippen molar-refractivity contribution in [1.82, 2.24) is 19.6 Å². The number of H-pyrrole nitrogens is 1. The average Bonchev–Trinajstić information content (AvgIpc) is 3.20. The van der Waals surface area contributed by atoms with E-state index in [1.165, 1.54) is 0 Å². The first-order chi connectivity index (χ1) is 11.8. The molecule has 6 nitrogen and oxygen atoms in total. The van der Waals surface area contributed by atoms with Crippen molar-refractivity contribution in [3.8, 4) is 11.1 Å². The second kappa shape index (κ2) is 4.92. The first kappa shape index (κ1) is 13.3. The zero-order valence-corrected chi connectivity index (χ0v) is 12.9. The molecule has 3 heterocycles. The maximum absolute atomic E-state index is 11.9. The number of aromatic nitrogens is 4. The summed E-state index contributed by atoms with van der Waals surface area (Å²) in [6, 6.07) is 12.2. The number of carbonyl (C=O) groups is 1. The molecule has 24 heavy (non-hydrogen) atoms. The van der Waals surface area contributed by atoms with Crippen molar-refractivity contribution in [1.29, 1.82) is 0 Å². The Morgan fingerprint density at radius 2 is 2.17 bits per heavy atom. The molecule has 6 heteroatoms. The lowest BCUT2D eigenvalue weighted by molar-refractivity contribution is -0.117. The Kier molecular flexibility index (Phi) is 2.73. The molecular formula is C18H15N5O. The second-order valence-corrected chi connectivity index (χ2v) is 6.17. The minimum Gasteiger partial charge on any atom is -0.361 e. The summed E-state index contributed by atoms with van der Waals surface area (Å²) < 4.78 is 1.71. The number of anilines is 1. The molecule has 0 bridgehead atoms. The summed E-state index contributed by atoms with van der Waals surface area (Å²) >= 11 is 0. The molecule has 1 aliphatic rings. The number of fused-ring (bicyclic) bond motifs is 2. The molecule has 0 aliphatic heterocycles. The van der Waals surface area contributed by atoms with Crippen molar-refractivity contribution in [2.24, 2.45) is 5.92 Å². The highest BCUT2D eigenvalue weighted by atomic mass is 16.2. The average molecular weight is 317 g/mol. The maximum Gasteiger partial charge on any atom is 0.249 e. The molecule has 1 aromatic carbocycles. The van der Waals surface area contributed by atoms with E-state index < -0.39 is 0 Å². The van der Waals surface area contributed by atoms with Gasteiger partial charge in [0.05, 0.1) is 0 Å². The predicted molar refractivity (Wildman–Crippen MR) is 91.6 cm³/mol. The number of aromatic amines is 1. The third-order valence-corrected chi connectivity index (χ3v) is 4.41. The lowest BCUT2D eigenvalue weighted by Crippen LogP contribution is -2.14. The van der Waals surface area contributed by atoms with Crippen LogP contribution in [0.5, 0.6) is 0 Å². The fraction of sp³-hybridized carbons (Fsp3) is 0.167. The van der Waals surface area contributed by atoms with Crippen molar-refractivity contribution in [2.45, 2.75) is 12.8 Å². The van der Waals surface area contributed by atoms with Crippen LogP contribution in [0, 0.1) is 5.92 Å². The van der Waals surface area contributed by atoms with Gasteiger partial charge in [-0.1, -0.05) is 6.07 Å². The summed E-state index contributed by atoms with van der Waals surface area (Å²) in [5, 5.41) is 8.33. The summed E-state index contributed by atoms with van der Waals surface area (Å²) in [6.45, 7) is 0. The molecule has 2 N–H and O–H groups in total. The van der Waals surface area contributed by atoms with Crippen LogP contribution in [0.4, 0.5) is 5.95 Å². The highest BCUT2D eigenvalue weighted by Gasteiger charge is 2.30. The van der Waals surface area contributed by atoms with Gasteiger partial charge >= 0.3 is 0 Å². The van der Waals surface area contributed by atoms with Gasteiger partial charge in [-0.05, 0) is 54.1 Å². The smallest absolute Gasteiger partial charge is 0.249 e. The highest BCUT2D eigenvalue weighted by Crippen LogP contribution is 2.30. The van der Waals surface area contributed by atoms with E-state index in [0.717, 1.165) is 40.5 Å². The topological polar surface area (TPSA) is 75.1 Å². The predicted octanol–water partition coefficient (Wildman–Crippen LogP) is 3.23. The third-order valence-electron chi connectivity index (χ3n) is 4.41. The largest absolute Gasteiger partial charge is 0.361 e. The van der Waals surface area contributed by atoms with Gasteiger partial charge in [0, 0.05) is 29.4 Å². The quantitative estimate of drug-likeness (QED) is 0.609. The molecule has 1 amide bonds. The Hall–Kier alpha value is -3.15. The van der Waals surface area contributed by atoms with E-state index in [-0.39, 0.29) is 11.8 Å². The van der Waals surface area contributed by atoms with Crippen molar-refractivity contribution in [2.75, 3.05) is 5.32 Å². The van der Waals surface area contributed by atoms with Crippen molar-refractivity contribution >= 4 is 28.4 Å². The zero-order chi connectivity index (χ0) is 16.1. The number of rotatable bonds is 3. The van der Waals surface area contributed by atoms with Crippen LogP contribution in [0.2, 0.25) is 0 Å². The van der Waals surface area contributed by atoms with Crippen LogP contribution in [0.15, 0.2) is 48.8 Å². The van der Waals surface area contributed by atoms with E-state index in [1.54, 1.807) is 4.52 Å². The summed E-state index contributed by atoms with van der Waals surface area (Å²) in [7, 11) is 0. The molecule has 0 spiro atoms. The summed E-state index contributed by atoms with van der Waals surface area (Å²) in [6.07, 6.45) is 5.69. The van der Waals surface area contributed by atoms with Gasteiger partial charge in [0.25, 0.3) is 0 Å². The summed E-state index contributed by atoms with van der Waals surface area (Å²) in [5.74, 6) is 0.510. The fourth-order valence-corrected chi connectivity index (χ4v) is 2.96. The van der Waals surface area contributed by atoms with Gasteiger partial charge in [0.15, 0.2) is 5.65 Å². The Labute approximate surface area is 137 Å². The van der Waals surface area contributed by atoms with E-state index in [9.17, 15) is 4.79 Å². The number of pyridine rings is 1. The first-order valence-corrected chi connectivity index (χ1v) is 8.02. The molecule has 0 atom stereocenters. The minimum absolute atomic E-state index is 0.0150. The Morgan fingerprint density at radius 3 is 3.04 bits per heavy atom. The number of benzene rings is 1. The summed E-state index contributed by atoms with van der Waals surface area (Å²) in [4.78, 5) is 19.6. The normalized spacial score (nSPS) is 14.3. The molecule has 118 valence electrons. The van der Waals surface area contributed by atoms with E-state index in [2.05, 4.69) is 38.6 Å². The Balaban J connectivity index is 1.59. The van der Waals surface area contributed by atoms with Gasteiger partial charge in [-0.15, -0.1) is 5.10 Å². The number of carbonyl (C=O) groups excluding carboxylic acids is 1. The van der Waals surface area contributed by atoms with Crippen LogP contribution in [-0.4, -0.2) is 25.5 Å². The SMILES string of the molecule is O=C(Nc1nc2c(-c3ccc4[nH]ccc4c3)cccn2n1)C1CC1. The van der Waals surface area contributed by atoms with Gasteiger partial charge in [-0.3, -0.25) is 10.1 Å². The maximum atomic E-state index is 11.9. The number of nitrogens with zero attached hydrogens (tertiary/aromatic N) is 3. The van der Waals surface area contributed by atoms with E-state index in [1.807, 2.05) is 30.6 Å². The van der Waals surface area contributed by atoms with Gasteiger partial charge in [0.1, 0.15) is 0 Å². The lowest BCUT2D eigenvalue weighted by Gasteiger charge is -2.03. The standard InChI is InChI=1S/C18H15N5O/c24-17(11-3-4-11)21-18-20-16-14(2-1-9-23(16)22-18)12-5-6-15-13(10-12)7-8-19-15/h1-2,5-11,19H,3-4H2,(H,21,22,24). The monoisotopic (exact) mass is 317 g/mol. The minimum atomic E-state index is 0.0150. The third kappa shape index (κ3) is 2.15. The molecular weight excluding hydrogens is 302 g/mol. The van der Waals surface area contributed by atoms with Gasteiger partial charge in [-0.2, -0.15) is 4.98 Å². The van der Waals surface area contributed by atoms with Crippen molar-refractivity contribution in [3.63, 3.8) is 0 Å². The first-order valence-electron chi connectivity index (χ1n) is 8.02. The molecule has 0 unspecified atom stereocenters. The van der Waals surface area contributed by atoms with Crippen LogP contribution in [-0.2, 0) is 4.79 Å². The molecule has 0 saturated heterocycles. The molecule has 4 aromatic rings. The second-order valence-electron chi connectivity index (χ2n) is 6.17. The molecule has 1 aliphatic carbocycles. The van der Waals surface area contributed by atoms with Crippen molar-refractivity contribution < 1.29 is 4.79 Å². The molecule has 0 radical (unpaired) electrons. The molecule has 5 rings (SSSR count). The Bertz CT molecular complexity index is 1070. The van der Waals surface area contributed by atoms with Gasteiger partial charge in [0.2, 0.25) is 11.9 Å². The zero-order valence-electron chi connectivity index (χ0n) is 12.9. The van der Waals surface area contributed by atoms with Crippen LogP contribution < -0.4 is 5.32 Å². The van der Waals surface area contributed by atoms with E-state index in [0.29, 0.717) is 5.95 Å². The molecule has 1 saturated carbocycles. The van der Waals surface area contributed by atoms with Crippen LogP contribution >= 0.6 is 0 Å².